The Morgan fingerprint density at radius 1 is 1.33 bits per heavy atom. The molecule has 112 valence electrons. The van der Waals surface area contributed by atoms with Gasteiger partial charge in [-0.25, -0.2) is 4.98 Å². The summed E-state index contributed by atoms with van der Waals surface area (Å²) < 4.78 is 0. The molecule has 1 aliphatic rings. The number of hydrogen-bond acceptors (Lipinski definition) is 5. The van der Waals surface area contributed by atoms with Crippen LogP contribution in [-0.4, -0.2) is 51.5 Å². The molecular formula is C15H21N5S. The Labute approximate surface area is 129 Å². The van der Waals surface area contributed by atoms with Crippen LogP contribution in [0.3, 0.4) is 0 Å². The summed E-state index contributed by atoms with van der Waals surface area (Å²) in [5, 5.41) is 11.2. The highest BCUT2D eigenvalue weighted by atomic mass is 32.2. The molecule has 0 amide bonds. The van der Waals surface area contributed by atoms with E-state index < -0.39 is 0 Å². The summed E-state index contributed by atoms with van der Waals surface area (Å²) in [5.41, 5.74) is 1.40. The van der Waals surface area contributed by atoms with Crippen molar-refractivity contribution < 1.29 is 0 Å². The van der Waals surface area contributed by atoms with Gasteiger partial charge in [0, 0.05) is 38.0 Å². The lowest BCUT2D eigenvalue weighted by Crippen LogP contribution is -2.33. The van der Waals surface area contributed by atoms with E-state index in [-0.39, 0.29) is 0 Å². The van der Waals surface area contributed by atoms with Crippen molar-refractivity contribution in [3.63, 3.8) is 0 Å². The third-order valence-electron chi connectivity index (χ3n) is 3.69. The average Bonchev–Trinajstić information content (AvgIpc) is 3.17. The van der Waals surface area contributed by atoms with Crippen LogP contribution in [0.15, 0.2) is 41.8 Å². The van der Waals surface area contributed by atoms with E-state index >= 15 is 0 Å². The van der Waals surface area contributed by atoms with Gasteiger partial charge in [0.1, 0.15) is 6.33 Å². The summed E-state index contributed by atoms with van der Waals surface area (Å²) in [4.78, 5) is 6.63. The molecule has 0 unspecified atom stereocenters. The molecule has 1 aliphatic heterocycles. The summed E-state index contributed by atoms with van der Waals surface area (Å²) >= 11 is 1.71. The Kier molecular flexibility index (Phi) is 5.26. The Morgan fingerprint density at radius 3 is 3.05 bits per heavy atom. The standard InChI is InChI=1S/C15H21N5S/c1-2-4-13(5-3-1)10-20-8-6-14(11-20)16-7-9-21-15-17-12-18-19-15/h1-5,12,14,16H,6-11H2,(H,17,18,19)/t14-/m1/s1. The smallest absolute Gasteiger partial charge is 0.183 e. The number of rotatable bonds is 7. The first-order chi connectivity index (χ1) is 10.4. The highest BCUT2D eigenvalue weighted by Crippen LogP contribution is 2.14. The van der Waals surface area contributed by atoms with Crippen LogP contribution in [0.2, 0.25) is 0 Å². The van der Waals surface area contributed by atoms with Crippen molar-refractivity contribution >= 4 is 11.8 Å². The van der Waals surface area contributed by atoms with Gasteiger partial charge in [0.15, 0.2) is 5.16 Å². The largest absolute Gasteiger partial charge is 0.312 e. The third kappa shape index (κ3) is 4.56. The van der Waals surface area contributed by atoms with Gasteiger partial charge in [-0.05, 0) is 12.0 Å². The molecule has 2 aromatic rings. The number of hydrogen-bond donors (Lipinski definition) is 2. The Balaban J connectivity index is 1.33. The Hall–Kier alpha value is -1.37. The highest BCUT2D eigenvalue weighted by molar-refractivity contribution is 7.99. The summed E-state index contributed by atoms with van der Waals surface area (Å²) in [7, 11) is 0. The molecule has 0 spiro atoms. The van der Waals surface area contributed by atoms with E-state index in [0.29, 0.717) is 6.04 Å². The molecule has 21 heavy (non-hydrogen) atoms. The maximum Gasteiger partial charge on any atom is 0.183 e. The molecule has 2 N–H and O–H groups in total. The number of nitrogens with one attached hydrogen (secondary N) is 2. The molecule has 0 saturated carbocycles. The lowest BCUT2D eigenvalue weighted by atomic mass is 10.2. The van der Waals surface area contributed by atoms with Crippen LogP contribution < -0.4 is 5.32 Å². The van der Waals surface area contributed by atoms with Crippen LogP contribution >= 0.6 is 11.8 Å². The molecule has 1 aromatic carbocycles. The van der Waals surface area contributed by atoms with Crippen molar-refractivity contribution in [1.82, 2.24) is 25.4 Å². The second-order valence-electron chi connectivity index (χ2n) is 5.30. The van der Waals surface area contributed by atoms with Gasteiger partial charge < -0.3 is 5.32 Å². The van der Waals surface area contributed by atoms with Crippen molar-refractivity contribution in [3.8, 4) is 0 Å². The van der Waals surface area contributed by atoms with Gasteiger partial charge in [-0.3, -0.25) is 10.00 Å². The van der Waals surface area contributed by atoms with E-state index in [1.807, 2.05) is 0 Å². The van der Waals surface area contributed by atoms with Crippen LogP contribution in [-0.2, 0) is 6.54 Å². The van der Waals surface area contributed by atoms with Crippen LogP contribution in [0.5, 0.6) is 0 Å². The molecule has 6 heteroatoms. The second-order valence-corrected chi connectivity index (χ2v) is 6.38. The van der Waals surface area contributed by atoms with Crippen molar-refractivity contribution in [2.24, 2.45) is 0 Å². The molecule has 0 bridgehead atoms. The van der Waals surface area contributed by atoms with Crippen molar-refractivity contribution in [1.29, 1.82) is 0 Å². The third-order valence-corrected chi connectivity index (χ3v) is 4.57. The van der Waals surface area contributed by atoms with Gasteiger partial charge >= 0.3 is 0 Å². The lowest BCUT2D eigenvalue weighted by molar-refractivity contribution is 0.321. The number of H-pyrrole nitrogens is 1. The van der Waals surface area contributed by atoms with Gasteiger partial charge in [0.2, 0.25) is 0 Å². The monoisotopic (exact) mass is 303 g/mol. The van der Waals surface area contributed by atoms with Gasteiger partial charge in [-0.15, -0.1) is 0 Å². The first kappa shape index (κ1) is 14.6. The van der Waals surface area contributed by atoms with Crippen molar-refractivity contribution in [3.05, 3.63) is 42.2 Å². The molecule has 5 nitrogen and oxygen atoms in total. The summed E-state index contributed by atoms with van der Waals surface area (Å²) in [6, 6.07) is 11.3. The van der Waals surface area contributed by atoms with E-state index in [1.54, 1.807) is 18.1 Å². The molecule has 1 aromatic heterocycles. The fraction of sp³-hybridized carbons (Fsp3) is 0.467. The quantitative estimate of drug-likeness (QED) is 0.603. The minimum atomic E-state index is 0.615. The topological polar surface area (TPSA) is 56.8 Å². The maximum atomic E-state index is 4.10. The fourth-order valence-corrected chi connectivity index (χ4v) is 3.31. The molecular weight excluding hydrogens is 282 g/mol. The predicted octanol–water partition coefficient (Wildman–Crippen LogP) is 1.76. The Bertz CT molecular complexity index is 516. The zero-order valence-corrected chi connectivity index (χ0v) is 12.9. The molecule has 0 aliphatic carbocycles. The minimum absolute atomic E-state index is 0.615. The van der Waals surface area contributed by atoms with Gasteiger partial charge in [-0.1, -0.05) is 42.1 Å². The normalized spacial score (nSPS) is 19.1. The summed E-state index contributed by atoms with van der Waals surface area (Å²) in [6.45, 7) is 4.39. The van der Waals surface area contributed by atoms with Crippen LogP contribution in [0.25, 0.3) is 0 Å². The fourth-order valence-electron chi connectivity index (χ4n) is 2.66. The van der Waals surface area contributed by atoms with Gasteiger partial charge in [-0.2, -0.15) is 5.10 Å². The Morgan fingerprint density at radius 2 is 2.24 bits per heavy atom. The predicted molar refractivity (Wildman–Crippen MR) is 85.2 cm³/mol. The minimum Gasteiger partial charge on any atom is -0.312 e. The molecule has 3 rings (SSSR count). The van der Waals surface area contributed by atoms with Gasteiger partial charge in [0.25, 0.3) is 0 Å². The van der Waals surface area contributed by atoms with E-state index in [1.165, 1.54) is 18.5 Å². The first-order valence-corrected chi connectivity index (χ1v) is 8.36. The summed E-state index contributed by atoms with van der Waals surface area (Å²) in [6.07, 6.45) is 2.79. The van der Waals surface area contributed by atoms with Crippen molar-refractivity contribution in [2.75, 3.05) is 25.4 Å². The number of aromatic nitrogens is 3. The van der Waals surface area contributed by atoms with E-state index in [9.17, 15) is 0 Å². The molecule has 1 fully saturated rings. The van der Waals surface area contributed by atoms with Crippen LogP contribution in [0.4, 0.5) is 0 Å². The number of aromatic amines is 1. The van der Waals surface area contributed by atoms with Crippen LogP contribution in [0, 0.1) is 0 Å². The molecule has 1 saturated heterocycles. The van der Waals surface area contributed by atoms with Gasteiger partial charge in [0.05, 0.1) is 0 Å². The molecule has 1 atom stereocenters. The number of likely N-dealkylation sites (tertiary alicyclic amines) is 1. The van der Waals surface area contributed by atoms with Crippen molar-refractivity contribution in [2.45, 2.75) is 24.2 Å². The van der Waals surface area contributed by atoms with E-state index in [4.69, 9.17) is 0 Å². The van der Waals surface area contributed by atoms with Crippen LogP contribution in [0.1, 0.15) is 12.0 Å². The molecule has 2 heterocycles. The molecule has 0 radical (unpaired) electrons. The average molecular weight is 303 g/mol. The second kappa shape index (κ2) is 7.59. The maximum absolute atomic E-state index is 4.10. The zero-order valence-electron chi connectivity index (χ0n) is 12.0. The number of thioether (sulfide) groups is 1. The van der Waals surface area contributed by atoms with E-state index in [0.717, 1.165) is 30.5 Å². The zero-order chi connectivity index (χ0) is 14.3. The lowest BCUT2D eigenvalue weighted by Gasteiger charge is -2.16. The van der Waals surface area contributed by atoms with E-state index in [2.05, 4.69) is 55.7 Å². The number of benzene rings is 1. The highest BCUT2D eigenvalue weighted by Gasteiger charge is 2.21. The SMILES string of the molecule is c1ccc(CN2CC[C@@H](NCCSc3ncn[nH]3)C2)cc1. The first-order valence-electron chi connectivity index (χ1n) is 7.38. The number of nitrogens with zero attached hydrogens (tertiary/aromatic N) is 3. The summed E-state index contributed by atoms with van der Waals surface area (Å²) in [5.74, 6) is 1.02.